The number of nitrogens with zero attached hydrogens (tertiary/aromatic N) is 1. The van der Waals surface area contributed by atoms with Crippen LogP contribution in [0.5, 0.6) is 11.5 Å². The number of hydrogen-bond acceptors (Lipinski definition) is 5. The van der Waals surface area contributed by atoms with E-state index < -0.39 is 6.04 Å². The number of esters is 1. The molecule has 0 aliphatic carbocycles. The normalized spacial score (nSPS) is 15.9. The van der Waals surface area contributed by atoms with Gasteiger partial charge in [0.1, 0.15) is 0 Å². The number of benzene rings is 1. The zero-order chi connectivity index (χ0) is 20.0. The van der Waals surface area contributed by atoms with Gasteiger partial charge in [-0.2, -0.15) is 0 Å². The van der Waals surface area contributed by atoms with Crippen LogP contribution in [0.1, 0.15) is 43.9 Å². The number of hydrogen-bond donors (Lipinski definition) is 1. The number of amides is 2. The molecule has 27 heavy (non-hydrogen) atoms. The van der Waals surface area contributed by atoms with E-state index in [1.165, 1.54) is 7.11 Å². The summed E-state index contributed by atoms with van der Waals surface area (Å²) < 4.78 is 15.6. The predicted octanol–water partition coefficient (Wildman–Crippen LogP) is 2.92. The molecule has 7 nitrogen and oxygen atoms in total. The lowest BCUT2D eigenvalue weighted by atomic mass is 9.90. The maximum Gasteiger partial charge on any atom is 0.317 e. The van der Waals surface area contributed by atoms with Gasteiger partial charge in [-0.15, -0.1) is 0 Å². The van der Waals surface area contributed by atoms with Gasteiger partial charge in [-0.05, 0) is 42.0 Å². The Morgan fingerprint density at radius 2 is 1.85 bits per heavy atom. The molecule has 1 N–H and O–H groups in total. The molecule has 1 atom stereocenters. The van der Waals surface area contributed by atoms with E-state index in [-0.39, 0.29) is 18.4 Å². The van der Waals surface area contributed by atoms with Crippen LogP contribution in [-0.2, 0) is 16.0 Å². The monoisotopic (exact) mass is 378 g/mol. The summed E-state index contributed by atoms with van der Waals surface area (Å²) in [4.78, 5) is 26.5. The van der Waals surface area contributed by atoms with E-state index in [1.54, 1.807) is 19.1 Å². The second-order valence-electron chi connectivity index (χ2n) is 7.06. The minimum absolute atomic E-state index is 0.0938. The summed E-state index contributed by atoms with van der Waals surface area (Å²) in [6.45, 7) is 5.36. The molecule has 0 saturated carbocycles. The molecule has 0 saturated heterocycles. The summed E-state index contributed by atoms with van der Waals surface area (Å²) in [5.74, 6) is 1.37. The van der Waals surface area contributed by atoms with Crippen LogP contribution in [0, 0.1) is 5.92 Å². The Kier molecular flexibility index (Phi) is 7.33. The van der Waals surface area contributed by atoms with Crippen molar-refractivity contribution in [1.82, 2.24) is 10.2 Å². The van der Waals surface area contributed by atoms with Crippen molar-refractivity contribution in [3.05, 3.63) is 23.3 Å². The Bertz CT molecular complexity index is 675. The summed E-state index contributed by atoms with van der Waals surface area (Å²) in [5, 5.41) is 2.97. The molecule has 1 aromatic carbocycles. The summed E-state index contributed by atoms with van der Waals surface area (Å²) in [5.41, 5.74) is 1.94. The summed E-state index contributed by atoms with van der Waals surface area (Å²) >= 11 is 0. The zero-order valence-electron chi connectivity index (χ0n) is 16.8. The van der Waals surface area contributed by atoms with Crippen LogP contribution in [0.3, 0.4) is 0 Å². The van der Waals surface area contributed by atoms with Crippen molar-refractivity contribution in [2.24, 2.45) is 5.92 Å². The molecule has 1 aromatic rings. The third-order valence-corrected chi connectivity index (χ3v) is 4.85. The van der Waals surface area contributed by atoms with Gasteiger partial charge in [0.05, 0.1) is 33.8 Å². The second kappa shape index (κ2) is 9.48. The van der Waals surface area contributed by atoms with Gasteiger partial charge in [0, 0.05) is 13.1 Å². The summed E-state index contributed by atoms with van der Waals surface area (Å²) in [6, 6.07) is 3.21. The highest BCUT2D eigenvalue weighted by Gasteiger charge is 2.34. The standard InChI is InChI=1S/C20H30N2O5/c1-13(2)6-8-21-20(24)22-9-7-14-10-17(25-3)18(26-4)11-15(14)16(22)12-19(23)27-5/h10-11,13,16H,6-9,12H2,1-5H3,(H,21,24)/t16-/m0/s1. The van der Waals surface area contributed by atoms with Crippen molar-refractivity contribution in [3.63, 3.8) is 0 Å². The molecule has 150 valence electrons. The van der Waals surface area contributed by atoms with E-state index in [4.69, 9.17) is 14.2 Å². The molecule has 2 amide bonds. The summed E-state index contributed by atoms with van der Waals surface area (Å²) in [7, 11) is 4.51. The lowest BCUT2D eigenvalue weighted by molar-refractivity contribution is -0.141. The van der Waals surface area contributed by atoms with Crippen molar-refractivity contribution in [1.29, 1.82) is 0 Å². The lowest BCUT2D eigenvalue weighted by Gasteiger charge is -2.37. The molecular formula is C20H30N2O5. The van der Waals surface area contributed by atoms with Crippen LogP contribution in [0.2, 0.25) is 0 Å². The average molecular weight is 378 g/mol. The SMILES string of the molecule is COC(=O)C[C@H]1c2cc(OC)c(OC)cc2CCN1C(=O)NCCC(C)C. The highest BCUT2D eigenvalue weighted by Crippen LogP contribution is 2.39. The predicted molar refractivity (Wildman–Crippen MR) is 102 cm³/mol. The maximum atomic E-state index is 12.8. The van der Waals surface area contributed by atoms with Crippen molar-refractivity contribution in [2.75, 3.05) is 34.4 Å². The zero-order valence-corrected chi connectivity index (χ0v) is 16.8. The molecule has 0 bridgehead atoms. The molecule has 7 heteroatoms. The van der Waals surface area contributed by atoms with E-state index in [2.05, 4.69) is 19.2 Å². The fraction of sp³-hybridized carbons (Fsp3) is 0.600. The average Bonchev–Trinajstić information content (AvgIpc) is 2.66. The maximum absolute atomic E-state index is 12.8. The Morgan fingerprint density at radius 1 is 1.19 bits per heavy atom. The first kappa shape index (κ1) is 20.9. The van der Waals surface area contributed by atoms with Crippen LogP contribution < -0.4 is 14.8 Å². The molecule has 0 fully saturated rings. The van der Waals surface area contributed by atoms with Gasteiger partial charge in [0.25, 0.3) is 0 Å². The highest BCUT2D eigenvalue weighted by atomic mass is 16.5. The molecule has 0 spiro atoms. The largest absolute Gasteiger partial charge is 0.493 e. The quantitative estimate of drug-likeness (QED) is 0.738. The smallest absolute Gasteiger partial charge is 0.317 e. The fourth-order valence-corrected chi connectivity index (χ4v) is 3.30. The number of fused-ring (bicyclic) bond motifs is 1. The van der Waals surface area contributed by atoms with Crippen LogP contribution in [0.4, 0.5) is 4.79 Å². The van der Waals surface area contributed by atoms with Crippen LogP contribution in [-0.4, -0.2) is 51.3 Å². The number of nitrogens with one attached hydrogen (secondary N) is 1. The minimum atomic E-state index is -0.403. The van der Waals surface area contributed by atoms with E-state index in [0.717, 1.165) is 17.5 Å². The first-order valence-electron chi connectivity index (χ1n) is 9.27. The Hall–Kier alpha value is -2.44. The third kappa shape index (κ3) is 5.05. The molecule has 2 rings (SSSR count). The van der Waals surface area contributed by atoms with Gasteiger partial charge in [0.2, 0.25) is 0 Å². The number of rotatable bonds is 7. The first-order chi connectivity index (χ1) is 12.9. The van der Waals surface area contributed by atoms with Gasteiger partial charge in [0.15, 0.2) is 11.5 Å². The van der Waals surface area contributed by atoms with Crippen LogP contribution in [0.25, 0.3) is 0 Å². The Balaban J connectivity index is 2.31. The van der Waals surface area contributed by atoms with Crippen LogP contribution in [0.15, 0.2) is 12.1 Å². The second-order valence-corrected chi connectivity index (χ2v) is 7.06. The third-order valence-electron chi connectivity index (χ3n) is 4.85. The van der Waals surface area contributed by atoms with Crippen LogP contribution >= 0.6 is 0 Å². The number of methoxy groups -OCH3 is 3. The van der Waals surface area contributed by atoms with Crippen molar-refractivity contribution >= 4 is 12.0 Å². The number of carbonyl (C=O) groups excluding carboxylic acids is 2. The van der Waals surface area contributed by atoms with Crippen molar-refractivity contribution in [2.45, 2.75) is 39.2 Å². The van der Waals surface area contributed by atoms with E-state index in [0.29, 0.717) is 36.9 Å². The molecule has 1 aliphatic rings. The number of carbonyl (C=O) groups is 2. The first-order valence-corrected chi connectivity index (χ1v) is 9.27. The number of ether oxygens (including phenoxy) is 3. The Labute approximate surface area is 161 Å². The van der Waals surface area contributed by atoms with Gasteiger partial charge >= 0.3 is 12.0 Å². The minimum Gasteiger partial charge on any atom is -0.493 e. The molecule has 0 radical (unpaired) electrons. The number of urea groups is 1. The van der Waals surface area contributed by atoms with Crippen molar-refractivity contribution < 1.29 is 23.8 Å². The summed E-state index contributed by atoms with van der Waals surface area (Å²) in [6.07, 6.45) is 1.68. The van der Waals surface area contributed by atoms with Gasteiger partial charge in [-0.1, -0.05) is 13.8 Å². The Morgan fingerprint density at radius 3 is 2.44 bits per heavy atom. The topological polar surface area (TPSA) is 77.1 Å². The van der Waals surface area contributed by atoms with Gasteiger partial charge < -0.3 is 24.4 Å². The fourth-order valence-electron chi connectivity index (χ4n) is 3.30. The van der Waals surface area contributed by atoms with E-state index in [9.17, 15) is 9.59 Å². The molecule has 1 heterocycles. The molecule has 1 aliphatic heterocycles. The lowest BCUT2D eigenvalue weighted by Crippen LogP contribution is -2.46. The van der Waals surface area contributed by atoms with Gasteiger partial charge in [-0.3, -0.25) is 4.79 Å². The molecular weight excluding hydrogens is 348 g/mol. The van der Waals surface area contributed by atoms with Gasteiger partial charge in [-0.25, -0.2) is 4.79 Å². The van der Waals surface area contributed by atoms with E-state index >= 15 is 0 Å². The highest BCUT2D eigenvalue weighted by molar-refractivity contribution is 5.77. The molecule has 0 unspecified atom stereocenters. The molecule has 0 aromatic heterocycles. The van der Waals surface area contributed by atoms with E-state index in [1.807, 2.05) is 12.1 Å². The van der Waals surface area contributed by atoms with Crippen molar-refractivity contribution in [3.8, 4) is 11.5 Å².